The Hall–Kier alpha value is -0.733. The fourth-order valence-corrected chi connectivity index (χ4v) is 7.75. The van der Waals surface area contributed by atoms with Gasteiger partial charge in [0.15, 0.2) is 14.6 Å². The molecule has 0 aromatic heterocycles. The zero-order valence-electron chi connectivity index (χ0n) is 26.2. The van der Waals surface area contributed by atoms with E-state index in [0.29, 0.717) is 12.8 Å². The van der Waals surface area contributed by atoms with E-state index in [1.807, 2.05) is 0 Å². The monoisotopic (exact) mass is 568 g/mol. The van der Waals surface area contributed by atoms with E-state index in [9.17, 15) is 9.90 Å². The number of carboxylic acids is 1. The molecule has 1 saturated carbocycles. The van der Waals surface area contributed by atoms with Crippen LogP contribution >= 0.6 is 0 Å². The number of unbranched alkanes of at least 4 members (excludes halogenated alkanes) is 3. The topological polar surface area (TPSA) is 85.2 Å². The van der Waals surface area contributed by atoms with Crippen molar-refractivity contribution < 1.29 is 28.9 Å². The molecule has 228 valence electrons. The molecule has 0 aromatic rings. The fourth-order valence-electron chi connectivity index (χ4n) is 6.01. The van der Waals surface area contributed by atoms with Crippen LogP contribution in [0, 0.1) is 11.8 Å². The Bertz CT molecular complexity index is 741. The summed E-state index contributed by atoms with van der Waals surface area (Å²) in [6.45, 7) is 17.0. The van der Waals surface area contributed by atoms with Gasteiger partial charge < -0.3 is 24.1 Å². The van der Waals surface area contributed by atoms with Gasteiger partial charge in [-0.3, -0.25) is 4.79 Å². The van der Waals surface area contributed by atoms with E-state index in [1.54, 1.807) is 0 Å². The summed E-state index contributed by atoms with van der Waals surface area (Å²) < 4.78 is 19.6. The zero-order valence-corrected chi connectivity index (χ0v) is 27.2. The maximum Gasteiger partial charge on any atom is 0.303 e. The summed E-state index contributed by atoms with van der Waals surface area (Å²) >= 11 is 0. The van der Waals surface area contributed by atoms with Crippen molar-refractivity contribution in [2.24, 2.45) is 11.8 Å². The summed E-state index contributed by atoms with van der Waals surface area (Å²) in [4.78, 5) is 10.8. The average molecular weight is 569 g/mol. The van der Waals surface area contributed by atoms with Gasteiger partial charge in [-0.05, 0) is 94.7 Å². The van der Waals surface area contributed by atoms with Crippen molar-refractivity contribution in [2.45, 2.75) is 167 Å². The van der Waals surface area contributed by atoms with Crippen LogP contribution in [-0.4, -0.2) is 55.2 Å². The van der Waals surface area contributed by atoms with Gasteiger partial charge in [-0.15, -0.1) is 0 Å². The smallest absolute Gasteiger partial charge is 0.303 e. The van der Waals surface area contributed by atoms with E-state index in [2.05, 4.69) is 59.9 Å². The number of aliphatic hydroxyl groups excluding tert-OH is 1. The molecule has 0 radical (unpaired) electrons. The average Bonchev–Trinajstić information content (AvgIpc) is 3.13. The summed E-state index contributed by atoms with van der Waals surface area (Å²) in [7, 11) is -1.96. The van der Waals surface area contributed by atoms with E-state index in [0.717, 1.165) is 58.0 Å². The van der Waals surface area contributed by atoms with Crippen LogP contribution in [0.5, 0.6) is 0 Å². The Morgan fingerprint density at radius 3 is 2.41 bits per heavy atom. The third-order valence-corrected chi connectivity index (χ3v) is 14.0. The largest absolute Gasteiger partial charge is 0.481 e. The van der Waals surface area contributed by atoms with Crippen LogP contribution in [0.1, 0.15) is 125 Å². The molecule has 6 atom stereocenters. The van der Waals surface area contributed by atoms with Crippen LogP contribution in [0.2, 0.25) is 18.1 Å². The molecule has 0 spiro atoms. The van der Waals surface area contributed by atoms with Crippen molar-refractivity contribution in [1.82, 2.24) is 0 Å². The summed E-state index contributed by atoms with van der Waals surface area (Å²) in [5, 5.41) is 20.2. The first-order valence-electron chi connectivity index (χ1n) is 15.8. The molecule has 6 nitrogen and oxygen atoms in total. The number of rotatable bonds is 17. The number of aliphatic carboxylic acids is 1. The molecule has 2 aliphatic rings. The van der Waals surface area contributed by atoms with Crippen molar-refractivity contribution in [3.8, 4) is 0 Å². The van der Waals surface area contributed by atoms with E-state index >= 15 is 0 Å². The van der Waals surface area contributed by atoms with Crippen LogP contribution in [0.15, 0.2) is 12.2 Å². The summed E-state index contributed by atoms with van der Waals surface area (Å²) in [5.41, 5.74) is -0.186. The zero-order chi connectivity index (χ0) is 29.1. The second kappa shape index (κ2) is 16.0. The van der Waals surface area contributed by atoms with Crippen molar-refractivity contribution in [2.75, 3.05) is 6.61 Å². The van der Waals surface area contributed by atoms with E-state index < -0.39 is 20.4 Å². The maximum atomic E-state index is 11.2. The van der Waals surface area contributed by atoms with Crippen LogP contribution in [0.4, 0.5) is 0 Å². The van der Waals surface area contributed by atoms with Gasteiger partial charge in [0.2, 0.25) is 0 Å². The van der Waals surface area contributed by atoms with E-state index in [-0.39, 0.29) is 41.3 Å². The van der Waals surface area contributed by atoms with Gasteiger partial charge in [0.25, 0.3) is 0 Å². The molecule has 1 aliphatic heterocycles. The Morgan fingerprint density at radius 1 is 1.05 bits per heavy atom. The Labute approximate surface area is 240 Å². The minimum Gasteiger partial charge on any atom is -0.481 e. The molecule has 0 aromatic carbocycles. The van der Waals surface area contributed by atoms with E-state index in [1.165, 1.54) is 19.3 Å². The number of aliphatic hydroxyl groups is 1. The molecular formula is C32H60O6Si. The first-order valence-corrected chi connectivity index (χ1v) is 18.7. The first kappa shape index (κ1) is 34.5. The Kier molecular flexibility index (Phi) is 14.2. The van der Waals surface area contributed by atoms with Crippen molar-refractivity contribution in [1.29, 1.82) is 0 Å². The molecule has 39 heavy (non-hydrogen) atoms. The van der Waals surface area contributed by atoms with Gasteiger partial charge in [-0.1, -0.05) is 59.1 Å². The lowest BCUT2D eigenvalue weighted by Gasteiger charge is -2.45. The normalized spacial score (nSPS) is 28.2. The lowest BCUT2D eigenvalue weighted by Crippen LogP contribution is -2.49. The lowest BCUT2D eigenvalue weighted by molar-refractivity contribution is -0.197. The van der Waals surface area contributed by atoms with Crippen LogP contribution < -0.4 is 0 Å². The standard InChI is InChI=1S/C32H60O6Si/c1-8-9-15-21-32(5,38-39(6,7)31(2,3)4)22-20-26-25(17-12-10-11-13-18-29(34)35)27(33)24-28(26)37-30-19-14-16-23-36-30/h10,12,25-28,30,33H,8-9,11,13-24H2,1-7H3,(H,34,35)/b12-10-/t25-,26-,27+,28?,30?,32+/m1/s1. The summed E-state index contributed by atoms with van der Waals surface area (Å²) in [6, 6.07) is 0. The summed E-state index contributed by atoms with van der Waals surface area (Å²) in [6.07, 6.45) is 16.4. The number of ether oxygens (including phenoxy) is 2. The maximum absolute atomic E-state index is 11.2. The number of allylic oxidation sites excluding steroid dienone is 2. The molecule has 0 amide bonds. The van der Waals surface area contributed by atoms with Gasteiger partial charge >= 0.3 is 5.97 Å². The fraction of sp³-hybridized carbons (Fsp3) is 0.906. The minimum absolute atomic E-state index is 0.0127. The first-order chi connectivity index (χ1) is 18.3. The van der Waals surface area contributed by atoms with Crippen LogP contribution in [-0.2, 0) is 18.7 Å². The highest BCUT2D eigenvalue weighted by atomic mass is 28.4. The van der Waals surface area contributed by atoms with Gasteiger partial charge in [0.05, 0.1) is 17.8 Å². The molecule has 1 aliphatic carbocycles. The molecule has 0 bridgehead atoms. The third-order valence-electron chi connectivity index (χ3n) is 9.42. The van der Waals surface area contributed by atoms with Gasteiger partial charge in [-0.25, -0.2) is 0 Å². The molecule has 2 N–H and O–H groups in total. The summed E-state index contributed by atoms with van der Waals surface area (Å²) in [5.74, 6) is -0.383. The number of carboxylic acid groups (broad SMARTS) is 1. The number of hydrogen-bond donors (Lipinski definition) is 2. The molecule has 2 fully saturated rings. The van der Waals surface area contributed by atoms with Crippen LogP contribution in [0.3, 0.4) is 0 Å². The van der Waals surface area contributed by atoms with Crippen LogP contribution in [0.25, 0.3) is 0 Å². The Morgan fingerprint density at radius 2 is 1.79 bits per heavy atom. The molecular weight excluding hydrogens is 508 g/mol. The van der Waals surface area contributed by atoms with Gasteiger partial charge in [-0.2, -0.15) is 0 Å². The second-order valence-corrected chi connectivity index (χ2v) is 18.6. The quantitative estimate of drug-likeness (QED) is 0.104. The third kappa shape index (κ3) is 11.6. The van der Waals surface area contributed by atoms with Gasteiger partial charge in [0.1, 0.15) is 0 Å². The molecule has 7 heteroatoms. The Balaban J connectivity index is 2.17. The van der Waals surface area contributed by atoms with E-state index in [4.69, 9.17) is 19.0 Å². The molecule has 1 heterocycles. The van der Waals surface area contributed by atoms with Crippen molar-refractivity contribution >= 4 is 14.3 Å². The SMILES string of the molecule is CCCCC[C@@](C)(CC[C@H]1C(OC2CCCCO2)C[C@H](O)[C@@H]1C/C=C\CCCC(=O)O)O[Si](C)(C)C(C)(C)C. The molecule has 2 unspecified atom stereocenters. The lowest BCUT2D eigenvalue weighted by atomic mass is 9.82. The number of carbonyl (C=O) groups is 1. The van der Waals surface area contributed by atoms with Crippen molar-refractivity contribution in [3.05, 3.63) is 12.2 Å². The predicted molar refractivity (Wildman–Crippen MR) is 161 cm³/mol. The highest BCUT2D eigenvalue weighted by molar-refractivity contribution is 6.74. The van der Waals surface area contributed by atoms with Crippen molar-refractivity contribution in [3.63, 3.8) is 0 Å². The highest BCUT2D eigenvalue weighted by Gasteiger charge is 2.46. The van der Waals surface area contributed by atoms with Gasteiger partial charge in [0, 0.05) is 19.4 Å². The predicted octanol–water partition coefficient (Wildman–Crippen LogP) is 8.24. The molecule has 1 saturated heterocycles. The number of hydrogen-bond acceptors (Lipinski definition) is 5. The second-order valence-electron chi connectivity index (χ2n) is 13.9. The minimum atomic E-state index is -1.96. The highest BCUT2D eigenvalue weighted by Crippen LogP contribution is 2.45. The molecule has 2 rings (SSSR count).